The van der Waals surface area contributed by atoms with Gasteiger partial charge in [0.1, 0.15) is 0 Å². The Hall–Kier alpha value is -0.421. The third-order valence-electron chi connectivity index (χ3n) is 0.871. The average Bonchev–Trinajstić information content (AvgIpc) is 1.65. The van der Waals surface area contributed by atoms with Crippen molar-refractivity contribution >= 4 is 18.7 Å². The molecule has 0 atom stereocenters. The third-order valence-corrected chi connectivity index (χ3v) is 5.27. The Labute approximate surface area is 59.7 Å². The Kier molecular flexibility index (Phi) is 2.79. The zero-order valence-electron chi connectivity index (χ0n) is 5.84. The first-order valence-electron chi connectivity index (χ1n) is 2.62. The van der Waals surface area contributed by atoms with Crippen LogP contribution in [0.1, 0.15) is 0 Å². The maximum absolute atomic E-state index is 8.37. The molecule has 0 aliphatic heterocycles. The molecule has 0 unspecified atom stereocenters. The molecule has 0 aromatic carbocycles. The molecule has 4 heteroatoms. The van der Waals surface area contributed by atoms with Crippen molar-refractivity contribution in [1.82, 2.24) is 3.12 Å². The van der Waals surface area contributed by atoms with Gasteiger partial charge in [-0.15, -0.1) is 0 Å². The fourth-order valence-electron chi connectivity index (χ4n) is 0.322. The van der Waals surface area contributed by atoms with Crippen molar-refractivity contribution in [3.8, 4) is 12.4 Å². The normalized spacial score (nSPS) is 9.44. The molecule has 0 radical (unpaired) electrons. The van der Waals surface area contributed by atoms with Gasteiger partial charge in [-0.3, -0.25) is 0 Å². The molecule has 0 amide bonds. The van der Waals surface area contributed by atoms with E-state index < -0.39 is 18.7 Å². The van der Waals surface area contributed by atoms with Gasteiger partial charge in [0, 0.05) is 0 Å². The van der Waals surface area contributed by atoms with Crippen molar-refractivity contribution in [2.75, 3.05) is 0 Å². The average molecular weight is 230 g/mol. The summed E-state index contributed by atoms with van der Waals surface area (Å²) in [5.74, 6) is 0. The first kappa shape index (κ1) is 8.58. The molecule has 0 heterocycles. The minimum atomic E-state index is -2.34. The molecule has 0 aromatic heterocycles. The van der Waals surface area contributed by atoms with Gasteiger partial charge in [-0.25, -0.2) is 0 Å². The van der Waals surface area contributed by atoms with Gasteiger partial charge in [-0.2, -0.15) is 0 Å². The van der Waals surface area contributed by atoms with Crippen LogP contribution in [0.4, 0.5) is 0 Å². The predicted octanol–water partition coefficient (Wildman–Crippen LogP) is 1.09. The van der Waals surface area contributed by atoms with Gasteiger partial charge in [0.2, 0.25) is 0 Å². The molecule has 0 fully saturated rings. The molecule has 9 heavy (non-hydrogen) atoms. The van der Waals surface area contributed by atoms with Crippen LogP contribution in [0.25, 0.3) is 0 Å². The molecule has 0 N–H and O–H groups in total. The molecule has 0 spiro atoms. The van der Waals surface area contributed by atoms with Crippen molar-refractivity contribution in [2.45, 2.75) is 14.8 Å². The second-order valence-corrected chi connectivity index (χ2v) is 16.4. The summed E-state index contributed by atoms with van der Waals surface area (Å²) in [4.78, 5) is 6.04. The Morgan fingerprint density at radius 1 is 1.11 bits per heavy atom. The summed E-state index contributed by atoms with van der Waals surface area (Å²) in [7, 11) is 0. The first-order chi connectivity index (χ1) is 4.02. The van der Waals surface area contributed by atoms with Crippen LogP contribution >= 0.6 is 0 Å². The molecule has 0 aliphatic carbocycles. The molecule has 0 aromatic rings. The van der Waals surface area contributed by atoms with Crippen LogP contribution in [-0.2, 0) is 0 Å². The van der Waals surface area contributed by atoms with E-state index in [1.165, 1.54) is 3.12 Å². The van der Waals surface area contributed by atoms with E-state index in [-0.39, 0.29) is 0 Å². The van der Waals surface area contributed by atoms with E-state index >= 15 is 0 Å². The van der Waals surface area contributed by atoms with Crippen molar-refractivity contribution in [1.29, 1.82) is 10.5 Å². The molecular weight excluding hydrogens is 221 g/mol. The van der Waals surface area contributed by atoms with E-state index in [1.807, 2.05) is 27.2 Å². The molecule has 0 bridgehead atoms. The molecule has 3 nitrogen and oxygen atoms in total. The number of rotatable bonds is 1. The van der Waals surface area contributed by atoms with E-state index in [1.54, 1.807) is 0 Å². The summed E-state index contributed by atoms with van der Waals surface area (Å²) in [6.07, 6.45) is 3.71. The Morgan fingerprint density at radius 2 is 1.44 bits per heavy atom. The summed E-state index contributed by atoms with van der Waals surface area (Å²) in [6.45, 7) is 0. The Morgan fingerprint density at radius 3 is 1.44 bits per heavy atom. The summed E-state index contributed by atoms with van der Waals surface area (Å²) in [5.41, 5.74) is 0. The second-order valence-electron chi connectivity index (χ2n) is 2.71. The minimum absolute atomic E-state index is 1.26. The topological polar surface area (TPSA) is 50.8 Å². The standard InChI is InChI=1S/C2N3.3CH3.Sn/c3-1-5-2-4;;;;/h;3*1H3;/q-1;;;;+1. The molecule has 48 valence electrons. The fourth-order valence-corrected chi connectivity index (χ4v) is 2.03. The van der Waals surface area contributed by atoms with Gasteiger partial charge in [-0.05, 0) is 0 Å². The number of nitrogens with zero attached hydrogens (tertiary/aromatic N) is 3. The Balaban J connectivity index is 4.23. The van der Waals surface area contributed by atoms with Gasteiger partial charge >= 0.3 is 59.5 Å². The van der Waals surface area contributed by atoms with Crippen LogP contribution in [0.15, 0.2) is 0 Å². The molecule has 0 rings (SSSR count). The van der Waals surface area contributed by atoms with Crippen LogP contribution in [0.2, 0.25) is 14.8 Å². The number of hydrogen-bond donors (Lipinski definition) is 0. The Bertz CT molecular complexity index is 154. The van der Waals surface area contributed by atoms with Crippen LogP contribution in [0.5, 0.6) is 0 Å². The van der Waals surface area contributed by atoms with Crippen molar-refractivity contribution in [3.63, 3.8) is 0 Å². The third kappa shape index (κ3) is 2.57. The van der Waals surface area contributed by atoms with Crippen LogP contribution in [-0.4, -0.2) is 21.8 Å². The van der Waals surface area contributed by atoms with Crippen LogP contribution in [0.3, 0.4) is 0 Å². The molecule has 0 saturated heterocycles. The van der Waals surface area contributed by atoms with Crippen molar-refractivity contribution in [3.05, 3.63) is 0 Å². The van der Waals surface area contributed by atoms with E-state index in [9.17, 15) is 0 Å². The summed E-state index contributed by atoms with van der Waals surface area (Å²) >= 11 is -2.34. The molecule has 0 saturated carbocycles. The van der Waals surface area contributed by atoms with Gasteiger partial charge in [0.15, 0.2) is 0 Å². The fraction of sp³-hybridized carbons (Fsp3) is 0.600. The van der Waals surface area contributed by atoms with Gasteiger partial charge in [0.25, 0.3) is 0 Å². The predicted molar refractivity (Wildman–Crippen MR) is 36.4 cm³/mol. The molecule has 0 aliphatic rings. The zero-order valence-corrected chi connectivity index (χ0v) is 8.70. The molecular formula is C5H9N3Sn. The summed E-state index contributed by atoms with van der Waals surface area (Å²) < 4.78 is 1.26. The van der Waals surface area contributed by atoms with Gasteiger partial charge in [0.05, 0.1) is 0 Å². The summed E-state index contributed by atoms with van der Waals surface area (Å²) in [6, 6.07) is 0. The monoisotopic (exact) mass is 231 g/mol. The maximum atomic E-state index is 8.37. The van der Waals surface area contributed by atoms with E-state index in [2.05, 4.69) is 0 Å². The zero-order chi connectivity index (χ0) is 7.49. The van der Waals surface area contributed by atoms with Crippen LogP contribution < -0.4 is 0 Å². The van der Waals surface area contributed by atoms with E-state index in [0.717, 1.165) is 0 Å². The quantitative estimate of drug-likeness (QED) is 0.384. The number of hydrogen-bond acceptors (Lipinski definition) is 3. The van der Waals surface area contributed by atoms with Gasteiger partial charge in [-0.1, -0.05) is 0 Å². The SMILES string of the molecule is [CH3][Sn]([CH3])([CH3])[N](C#N)C#N. The second kappa shape index (κ2) is 2.93. The van der Waals surface area contributed by atoms with E-state index in [0.29, 0.717) is 0 Å². The van der Waals surface area contributed by atoms with Crippen LogP contribution in [0, 0.1) is 22.9 Å². The van der Waals surface area contributed by atoms with E-state index in [4.69, 9.17) is 10.5 Å². The van der Waals surface area contributed by atoms with Gasteiger partial charge < -0.3 is 0 Å². The van der Waals surface area contributed by atoms with Crippen molar-refractivity contribution < 1.29 is 0 Å². The van der Waals surface area contributed by atoms with Crippen molar-refractivity contribution in [2.24, 2.45) is 0 Å². The number of nitriles is 2. The summed E-state index contributed by atoms with van der Waals surface area (Å²) in [5, 5.41) is 16.7. The first-order valence-corrected chi connectivity index (χ1v) is 12.5.